The number of thioether (sulfide) groups is 1. The molecule has 7 heteroatoms. The van der Waals surface area contributed by atoms with Crippen LogP contribution in [0.5, 0.6) is 0 Å². The van der Waals surface area contributed by atoms with Crippen molar-refractivity contribution in [3.05, 3.63) is 24.3 Å². The van der Waals surface area contributed by atoms with Crippen LogP contribution in [0.4, 0.5) is 5.69 Å². The molecule has 0 fully saturated rings. The van der Waals surface area contributed by atoms with E-state index in [1.807, 2.05) is 24.3 Å². The van der Waals surface area contributed by atoms with Crippen molar-refractivity contribution in [2.24, 2.45) is 0 Å². The molecule has 76 valence electrons. The molecule has 0 saturated carbocycles. The molecule has 1 aromatic carbocycles. The molecule has 1 unspecified atom stereocenters. The highest BCUT2D eigenvalue weighted by molar-refractivity contribution is 8.00. The van der Waals surface area contributed by atoms with Crippen LogP contribution in [0, 0.1) is 0 Å². The van der Waals surface area contributed by atoms with Crippen LogP contribution in [0.2, 0.25) is 0 Å². The third-order valence-corrected chi connectivity index (χ3v) is 3.29. The highest BCUT2D eigenvalue weighted by Gasteiger charge is 2.28. The number of benzene rings is 1. The van der Waals surface area contributed by atoms with E-state index in [1.165, 1.54) is 11.8 Å². The zero-order valence-electron chi connectivity index (χ0n) is 6.95. The first-order valence-electron chi connectivity index (χ1n) is 3.81. The van der Waals surface area contributed by atoms with Gasteiger partial charge in [0.15, 0.2) is 5.56 Å². The summed E-state index contributed by atoms with van der Waals surface area (Å²) in [5.41, 5.74) is 0.115. The van der Waals surface area contributed by atoms with Gasteiger partial charge in [-0.15, -0.1) is 0 Å². The third kappa shape index (κ3) is 2.29. The van der Waals surface area contributed by atoms with Crippen LogP contribution in [0.3, 0.4) is 0 Å². The SMILES string of the molecule is O=P(O)(O)OC1Nc2ccccc2S1. The van der Waals surface area contributed by atoms with Crippen molar-refractivity contribution >= 4 is 25.3 Å². The monoisotopic (exact) mass is 233 g/mol. The Labute approximate surface area is 84.7 Å². The number of hydrogen-bond donors (Lipinski definition) is 3. The molecule has 1 aromatic rings. The van der Waals surface area contributed by atoms with Gasteiger partial charge in [-0.05, 0) is 12.1 Å². The molecule has 2 rings (SSSR count). The Morgan fingerprint density at radius 3 is 2.79 bits per heavy atom. The van der Waals surface area contributed by atoms with Crippen molar-refractivity contribution in [3.63, 3.8) is 0 Å². The van der Waals surface area contributed by atoms with E-state index in [-0.39, 0.29) is 0 Å². The van der Waals surface area contributed by atoms with Gasteiger partial charge in [0, 0.05) is 4.90 Å². The minimum atomic E-state index is -4.43. The fraction of sp³-hybridized carbons (Fsp3) is 0.143. The number of anilines is 1. The highest BCUT2D eigenvalue weighted by Crippen LogP contribution is 2.46. The predicted molar refractivity (Wildman–Crippen MR) is 52.8 cm³/mol. The lowest BCUT2D eigenvalue weighted by atomic mass is 10.3. The Kier molecular flexibility index (Phi) is 2.55. The normalized spacial score (nSPS) is 20.3. The first-order chi connectivity index (χ1) is 6.54. The smallest absolute Gasteiger partial charge is 0.350 e. The second kappa shape index (κ2) is 3.56. The van der Waals surface area contributed by atoms with Gasteiger partial charge in [-0.2, -0.15) is 0 Å². The summed E-state index contributed by atoms with van der Waals surface area (Å²) in [5.74, 6) is 0. The van der Waals surface area contributed by atoms with E-state index in [4.69, 9.17) is 9.79 Å². The molecule has 1 aliphatic heterocycles. The Hall–Kier alpha value is -0.520. The molecule has 0 amide bonds. The molecule has 0 saturated heterocycles. The minimum absolute atomic E-state index is 0.715. The number of para-hydroxylation sites is 1. The molecule has 0 bridgehead atoms. The first-order valence-corrected chi connectivity index (χ1v) is 6.22. The van der Waals surface area contributed by atoms with Gasteiger partial charge >= 0.3 is 7.82 Å². The van der Waals surface area contributed by atoms with Crippen LogP contribution < -0.4 is 5.32 Å². The van der Waals surface area contributed by atoms with E-state index in [1.54, 1.807) is 0 Å². The fourth-order valence-corrected chi connectivity index (χ4v) is 2.77. The summed E-state index contributed by atoms with van der Waals surface area (Å²) in [5, 5.41) is 2.84. The van der Waals surface area contributed by atoms with E-state index in [0.29, 0.717) is 0 Å². The van der Waals surface area contributed by atoms with Gasteiger partial charge in [-0.3, -0.25) is 4.52 Å². The summed E-state index contributed by atoms with van der Waals surface area (Å²) in [4.78, 5) is 18.1. The van der Waals surface area contributed by atoms with Crippen molar-refractivity contribution < 1.29 is 18.9 Å². The average Bonchev–Trinajstić information content (AvgIpc) is 2.42. The molecule has 5 nitrogen and oxygen atoms in total. The van der Waals surface area contributed by atoms with E-state index >= 15 is 0 Å². The molecular formula is C7H8NO4PS. The Morgan fingerprint density at radius 2 is 2.14 bits per heavy atom. The number of hydrogen-bond acceptors (Lipinski definition) is 4. The average molecular weight is 233 g/mol. The van der Waals surface area contributed by atoms with E-state index in [0.717, 1.165) is 10.6 Å². The molecule has 0 aliphatic carbocycles. The predicted octanol–water partition coefficient (Wildman–Crippen LogP) is 1.60. The second-order valence-corrected chi connectivity index (χ2v) is 4.98. The lowest BCUT2D eigenvalue weighted by Gasteiger charge is -2.11. The molecule has 0 aromatic heterocycles. The van der Waals surface area contributed by atoms with E-state index in [2.05, 4.69) is 9.84 Å². The Bertz CT molecular complexity index is 368. The first kappa shape index (κ1) is 10.0. The maximum atomic E-state index is 10.6. The second-order valence-electron chi connectivity index (χ2n) is 2.69. The van der Waals surface area contributed by atoms with Crippen LogP contribution in [0.15, 0.2) is 29.2 Å². The van der Waals surface area contributed by atoms with Gasteiger partial charge in [-0.25, -0.2) is 4.57 Å². The number of rotatable bonds is 2. The molecule has 0 radical (unpaired) electrons. The van der Waals surface area contributed by atoms with Crippen LogP contribution in [-0.4, -0.2) is 15.3 Å². The maximum absolute atomic E-state index is 10.6. The van der Waals surface area contributed by atoms with E-state index < -0.39 is 13.4 Å². The van der Waals surface area contributed by atoms with Crippen molar-refractivity contribution in [2.75, 3.05) is 5.32 Å². The summed E-state index contributed by atoms with van der Waals surface area (Å²) >= 11 is 1.24. The van der Waals surface area contributed by atoms with Gasteiger partial charge in [0.2, 0.25) is 0 Å². The van der Waals surface area contributed by atoms with E-state index in [9.17, 15) is 4.57 Å². The van der Waals surface area contributed by atoms with Crippen LogP contribution >= 0.6 is 19.6 Å². The summed E-state index contributed by atoms with van der Waals surface area (Å²) in [6.07, 6.45) is 0. The molecule has 14 heavy (non-hydrogen) atoms. The fourth-order valence-electron chi connectivity index (χ4n) is 1.13. The van der Waals surface area contributed by atoms with Gasteiger partial charge < -0.3 is 15.1 Å². The van der Waals surface area contributed by atoms with Crippen LogP contribution in [0.25, 0.3) is 0 Å². The number of fused-ring (bicyclic) bond motifs is 1. The summed E-state index contributed by atoms with van der Waals surface area (Å²) in [7, 11) is -4.43. The van der Waals surface area contributed by atoms with Gasteiger partial charge in [0.1, 0.15) is 0 Å². The van der Waals surface area contributed by atoms with Gasteiger partial charge in [-0.1, -0.05) is 23.9 Å². The summed E-state index contributed by atoms with van der Waals surface area (Å²) in [6, 6.07) is 7.38. The number of phosphoric acid groups is 1. The molecule has 1 heterocycles. The standard InChI is InChI=1S/C7H8NO4PS/c9-13(10,11)12-7-8-5-3-1-2-4-6(5)14-7/h1-4,7-8H,(H2,9,10,11). The Balaban J connectivity index is 2.09. The molecule has 1 atom stereocenters. The van der Waals surface area contributed by atoms with Gasteiger partial charge in [0.05, 0.1) is 5.69 Å². The molecule has 3 N–H and O–H groups in total. The van der Waals surface area contributed by atoms with Crippen molar-refractivity contribution in [1.29, 1.82) is 0 Å². The zero-order valence-corrected chi connectivity index (χ0v) is 8.66. The lowest BCUT2D eigenvalue weighted by Crippen LogP contribution is -2.12. The minimum Gasteiger partial charge on any atom is -0.350 e. The highest BCUT2D eigenvalue weighted by atomic mass is 32.2. The molecular weight excluding hydrogens is 225 g/mol. The topological polar surface area (TPSA) is 78.8 Å². The zero-order chi connectivity index (χ0) is 10.2. The van der Waals surface area contributed by atoms with Crippen molar-refractivity contribution in [3.8, 4) is 0 Å². The lowest BCUT2D eigenvalue weighted by molar-refractivity contribution is 0.195. The number of phosphoric ester groups is 1. The largest absolute Gasteiger partial charge is 0.472 e. The quantitative estimate of drug-likeness (QED) is 0.673. The van der Waals surface area contributed by atoms with Crippen molar-refractivity contribution in [2.45, 2.75) is 10.5 Å². The maximum Gasteiger partial charge on any atom is 0.472 e. The summed E-state index contributed by atoms with van der Waals surface area (Å²) < 4.78 is 15.1. The number of nitrogens with one attached hydrogen (secondary N) is 1. The van der Waals surface area contributed by atoms with Crippen LogP contribution in [-0.2, 0) is 9.09 Å². The molecule has 1 aliphatic rings. The molecule has 0 spiro atoms. The Morgan fingerprint density at radius 1 is 1.43 bits per heavy atom. The van der Waals surface area contributed by atoms with Gasteiger partial charge in [0.25, 0.3) is 0 Å². The van der Waals surface area contributed by atoms with Crippen molar-refractivity contribution in [1.82, 2.24) is 0 Å². The summed E-state index contributed by atoms with van der Waals surface area (Å²) in [6.45, 7) is 0. The van der Waals surface area contributed by atoms with Crippen LogP contribution in [0.1, 0.15) is 0 Å². The third-order valence-electron chi connectivity index (χ3n) is 1.63.